The van der Waals surface area contributed by atoms with Crippen molar-refractivity contribution >= 4 is 5.95 Å². The molecule has 15 heavy (non-hydrogen) atoms. The van der Waals surface area contributed by atoms with E-state index in [4.69, 9.17) is 5.73 Å². The van der Waals surface area contributed by atoms with Crippen LogP contribution in [0.4, 0.5) is 5.95 Å². The highest BCUT2D eigenvalue weighted by Gasteiger charge is 2.19. The molecule has 1 fully saturated rings. The Bertz CT molecular complexity index is 314. The topological polar surface area (TPSA) is 75.3 Å². The molecule has 0 radical (unpaired) electrons. The predicted molar refractivity (Wildman–Crippen MR) is 57.4 cm³/mol. The molecule has 1 aromatic heterocycles. The van der Waals surface area contributed by atoms with Crippen LogP contribution in [0.15, 0.2) is 12.4 Å². The van der Waals surface area contributed by atoms with Gasteiger partial charge in [0.2, 0.25) is 5.95 Å². The van der Waals surface area contributed by atoms with Gasteiger partial charge in [-0.15, -0.1) is 0 Å². The number of hydrogen-bond acceptors (Lipinski definition) is 5. The minimum absolute atomic E-state index is 0.253. The van der Waals surface area contributed by atoms with Crippen molar-refractivity contribution in [1.29, 1.82) is 0 Å². The number of anilines is 1. The zero-order valence-electron chi connectivity index (χ0n) is 8.63. The van der Waals surface area contributed by atoms with Crippen molar-refractivity contribution in [3.8, 4) is 0 Å². The summed E-state index contributed by atoms with van der Waals surface area (Å²) in [5.41, 5.74) is 6.39. The van der Waals surface area contributed by atoms with Gasteiger partial charge >= 0.3 is 0 Å². The molecule has 82 valence electrons. The number of piperidine rings is 1. The van der Waals surface area contributed by atoms with Crippen LogP contribution < -0.4 is 10.6 Å². The van der Waals surface area contributed by atoms with Gasteiger partial charge in [0.25, 0.3) is 0 Å². The highest BCUT2D eigenvalue weighted by Crippen LogP contribution is 2.15. The first kappa shape index (κ1) is 10.3. The fourth-order valence-electron chi connectivity index (χ4n) is 1.75. The first-order chi connectivity index (χ1) is 7.29. The van der Waals surface area contributed by atoms with E-state index in [1.807, 2.05) is 4.90 Å². The lowest BCUT2D eigenvalue weighted by molar-refractivity contribution is 0.153. The number of hydrogen-bond donors (Lipinski definition) is 2. The number of aliphatic hydroxyl groups excluding tert-OH is 1. The van der Waals surface area contributed by atoms with Crippen molar-refractivity contribution in [1.82, 2.24) is 9.97 Å². The van der Waals surface area contributed by atoms with E-state index in [1.165, 1.54) is 0 Å². The third-order valence-electron chi connectivity index (χ3n) is 2.61. The molecule has 1 saturated heterocycles. The summed E-state index contributed by atoms with van der Waals surface area (Å²) in [4.78, 5) is 10.5. The SMILES string of the molecule is NCc1cnc(N2CCCC(O)C2)nc1. The van der Waals surface area contributed by atoms with Crippen LogP contribution in [0.5, 0.6) is 0 Å². The van der Waals surface area contributed by atoms with Crippen LogP contribution in [0.25, 0.3) is 0 Å². The monoisotopic (exact) mass is 208 g/mol. The van der Waals surface area contributed by atoms with E-state index < -0.39 is 0 Å². The molecule has 0 amide bonds. The Hall–Kier alpha value is -1.20. The smallest absolute Gasteiger partial charge is 0.225 e. The molecule has 2 rings (SSSR count). The number of aliphatic hydroxyl groups is 1. The molecule has 1 aliphatic rings. The van der Waals surface area contributed by atoms with E-state index >= 15 is 0 Å². The van der Waals surface area contributed by atoms with Crippen molar-refractivity contribution < 1.29 is 5.11 Å². The van der Waals surface area contributed by atoms with Crippen LogP contribution in [-0.4, -0.2) is 34.3 Å². The molecule has 1 atom stereocenters. The molecule has 0 bridgehead atoms. The number of nitrogens with two attached hydrogens (primary N) is 1. The second-order valence-electron chi connectivity index (χ2n) is 3.84. The van der Waals surface area contributed by atoms with Crippen molar-refractivity contribution in [2.24, 2.45) is 5.73 Å². The Kier molecular flexibility index (Phi) is 3.13. The molecule has 1 aliphatic heterocycles. The van der Waals surface area contributed by atoms with E-state index in [-0.39, 0.29) is 6.10 Å². The first-order valence-corrected chi connectivity index (χ1v) is 5.23. The molecule has 1 aromatic rings. The van der Waals surface area contributed by atoms with E-state index in [2.05, 4.69) is 9.97 Å². The van der Waals surface area contributed by atoms with Gasteiger partial charge in [-0.3, -0.25) is 0 Å². The minimum Gasteiger partial charge on any atom is -0.391 e. The van der Waals surface area contributed by atoms with E-state index in [9.17, 15) is 5.11 Å². The Morgan fingerprint density at radius 1 is 1.47 bits per heavy atom. The lowest BCUT2D eigenvalue weighted by Crippen LogP contribution is -2.39. The molecule has 2 heterocycles. The maximum atomic E-state index is 9.52. The van der Waals surface area contributed by atoms with Gasteiger partial charge in [0.15, 0.2) is 0 Å². The van der Waals surface area contributed by atoms with Crippen LogP contribution in [0.1, 0.15) is 18.4 Å². The third kappa shape index (κ3) is 2.43. The molecule has 5 heteroatoms. The minimum atomic E-state index is -0.253. The average molecular weight is 208 g/mol. The largest absolute Gasteiger partial charge is 0.391 e. The maximum Gasteiger partial charge on any atom is 0.225 e. The lowest BCUT2D eigenvalue weighted by Gasteiger charge is -2.29. The van der Waals surface area contributed by atoms with Crippen molar-refractivity contribution in [3.05, 3.63) is 18.0 Å². The number of nitrogens with zero attached hydrogens (tertiary/aromatic N) is 3. The van der Waals surface area contributed by atoms with Crippen LogP contribution in [0.3, 0.4) is 0 Å². The lowest BCUT2D eigenvalue weighted by atomic mass is 10.1. The zero-order valence-corrected chi connectivity index (χ0v) is 8.63. The van der Waals surface area contributed by atoms with Crippen LogP contribution in [-0.2, 0) is 6.54 Å². The summed E-state index contributed by atoms with van der Waals surface area (Å²) in [5.74, 6) is 0.686. The number of aromatic nitrogens is 2. The summed E-state index contributed by atoms with van der Waals surface area (Å²) < 4.78 is 0. The molecule has 0 spiro atoms. The van der Waals surface area contributed by atoms with E-state index in [0.29, 0.717) is 19.0 Å². The zero-order chi connectivity index (χ0) is 10.7. The van der Waals surface area contributed by atoms with E-state index in [1.54, 1.807) is 12.4 Å². The van der Waals surface area contributed by atoms with Gasteiger partial charge < -0.3 is 15.7 Å². The second kappa shape index (κ2) is 4.55. The standard InChI is InChI=1S/C10H16N4O/c11-4-8-5-12-10(13-6-8)14-3-1-2-9(15)7-14/h5-6,9,15H,1-4,7,11H2. The number of β-amino-alcohol motifs (C(OH)–C–C–N with tert-alkyl or cyclic N) is 1. The van der Waals surface area contributed by atoms with Gasteiger partial charge in [-0.2, -0.15) is 0 Å². The second-order valence-corrected chi connectivity index (χ2v) is 3.84. The summed E-state index contributed by atoms with van der Waals surface area (Å²) in [6, 6.07) is 0. The highest BCUT2D eigenvalue weighted by atomic mass is 16.3. The van der Waals surface area contributed by atoms with Crippen molar-refractivity contribution in [3.63, 3.8) is 0 Å². The van der Waals surface area contributed by atoms with Gasteiger partial charge in [-0.05, 0) is 12.8 Å². The summed E-state index contributed by atoms with van der Waals surface area (Å²) >= 11 is 0. The van der Waals surface area contributed by atoms with Gasteiger partial charge in [-0.1, -0.05) is 0 Å². The maximum absolute atomic E-state index is 9.52. The first-order valence-electron chi connectivity index (χ1n) is 5.23. The normalized spacial score (nSPS) is 21.7. The quantitative estimate of drug-likeness (QED) is 0.709. The van der Waals surface area contributed by atoms with E-state index in [0.717, 1.165) is 24.9 Å². The van der Waals surface area contributed by atoms with Crippen LogP contribution in [0, 0.1) is 0 Å². The Morgan fingerprint density at radius 2 is 2.20 bits per heavy atom. The van der Waals surface area contributed by atoms with Crippen LogP contribution >= 0.6 is 0 Å². The summed E-state index contributed by atoms with van der Waals surface area (Å²) in [5, 5.41) is 9.52. The molecule has 0 saturated carbocycles. The van der Waals surface area contributed by atoms with Gasteiger partial charge in [-0.25, -0.2) is 9.97 Å². The van der Waals surface area contributed by atoms with Crippen LogP contribution in [0.2, 0.25) is 0 Å². The molecule has 3 N–H and O–H groups in total. The summed E-state index contributed by atoms with van der Waals surface area (Å²) in [6.07, 6.45) is 5.09. The third-order valence-corrected chi connectivity index (χ3v) is 2.61. The fraction of sp³-hybridized carbons (Fsp3) is 0.600. The number of rotatable bonds is 2. The average Bonchev–Trinajstić information content (AvgIpc) is 2.29. The summed E-state index contributed by atoms with van der Waals surface area (Å²) in [6.45, 7) is 2.00. The molecular formula is C10H16N4O. The van der Waals surface area contributed by atoms with Gasteiger partial charge in [0.05, 0.1) is 6.10 Å². The van der Waals surface area contributed by atoms with Crippen molar-refractivity contribution in [2.45, 2.75) is 25.5 Å². The molecular weight excluding hydrogens is 192 g/mol. The molecule has 0 aromatic carbocycles. The van der Waals surface area contributed by atoms with Gasteiger partial charge in [0, 0.05) is 37.6 Å². The van der Waals surface area contributed by atoms with Crippen molar-refractivity contribution in [2.75, 3.05) is 18.0 Å². The highest BCUT2D eigenvalue weighted by molar-refractivity contribution is 5.30. The Labute approximate surface area is 88.9 Å². The Balaban J connectivity index is 2.07. The fourth-order valence-corrected chi connectivity index (χ4v) is 1.75. The molecule has 1 unspecified atom stereocenters. The molecule has 5 nitrogen and oxygen atoms in total. The predicted octanol–water partition coefficient (Wildman–Crippen LogP) is -0.104. The molecule has 0 aliphatic carbocycles. The van der Waals surface area contributed by atoms with Gasteiger partial charge in [0.1, 0.15) is 0 Å². The Morgan fingerprint density at radius 3 is 2.80 bits per heavy atom. The summed E-state index contributed by atoms with van der Waals surface area (Å²) in [7, 11) is 0.